The second-order valence-corrected chi connectivity index (χ2v) is 8.65. The summed E-state index contributed by atoms with van der Waals surface area (Å²) in [6.07, 6.45) is 8.20. The smallest absolute Gasteiger partial charge is 0.225 e. The Morgan fingerprint density at radius 3 is 2.71 bits per heavy atom. The van der Waals surface area contributed by atoms with Gasteiger partial charge in [0, 0.05) is 23.6 Å². The summed E-state index contributed by atoms with van der Waals surface area (Å²) in [6.45, 7) is 4.12. The molecule has 1 aromatic heterocycles. The highest BCUT2D eigenvalue weighted by atomic mass is 16.1. The molecule has 1 fully saturated rings. The van der Waals surface area contributed by atoms with Gasteiger partial charge in [0.1, 0.15) is 0 Å². The molecule has 5 heteroatoms. The van der Waals surface area contributed by atoms with Gasteiger partial charge in [-0.15, -0.1) is 0 Å². The van der Waals surface area contributed by atoms with E-state index in [1.54, 1.807) is 0 Å². The van der Waals surface area contributed by atoms with Crippen LogP contribution in [0.4, 0.5) is 11.5 Å². The van der Waals surface area contributed by atoms with Crippen LogP contribution in [0.1, 0.15) is 75.2 Å². The van der Waals surface area contributed by atoms with E-state index in [0.29, 0.717) is 24.1 Å². The molecule has 2 aliphatic carbocycles. The molecule has 2 aliphatic rings. The van der Waals surface area contributed by atoms with Gasteiger partial charge in [0.15, 0.2) is 5.82 Å². The third-order valence-electron chi connectivity index (χ3n) is 5.85. The van der Waals surface area contributed by atoms with E-state index >= 15 is 0 Å². The third kappa shape index (κ3) is 3.89. The highest BCUT2D eigenvalue weighted by Crippen LogP contribution is 2.39. The number of amides is 1. The van der Waals surface area contributed by atoms with Gasteiger partial charge in [-0.25, -0.2) is 9.97 Å². The summed E-state index contributed by atoms with van der Waals surface area (Å²) in [5.41, 5.74) is 12.1. The van der Waals surface area contributed by atoms with Gasteiger partial charge in [-0.1, -0.05) is 39.2 Å². The quantitative estimate of drug-likeness (QED) is 0.745. The molecule has 0 bridgehead atoms. The standard InChI is InChI=1S/C23H30N4O/c1-14(2)12-20(28)26-23-21(15-6-4-3-5-7-15)27-22-18-10-9-17(24)13-16(18)8-11-19(22)25-23/h9-10,13-15H,3-8,11-12,24H2,1-2H3,(H,25,26,28). The first-order valence-electron chi connectivity index (χ1n) is 10.6. The second kappa shape index (κ2) is 7.90. The first-order valence-corrected chi connectivity index (χ1v) is 10.6. The summed E-state index contributed by atoms with van der Waals surface area (Å²) >= 11 is 0. The van der Waals surface area contributed by atoms with E-state index in [-0.39, 0.29) is 5.91 Å². The van der Waals surface area contributed by atoms with E-state index in [4.69, 9.17) is 15.7 Å². The third-order valence-corrected chi connectivity index (χ3v) is 5.85. The Kier molecular flexibility index (Phi) is 5.33. The number of fused-ring (bicyclic) bond motifs is 3. The fourth-order valence-electron chi connectivity index (χ4n) is 4.48. The van der Waals surface area contributed by atoms with Crippen molar-refractivity contribution in [2.45, 2.75) is 71.1 Å². The monoisotopic (exact) mass is 378 g/mol. The van der Waals surface area contributed by atoms with Gasteiger partial charge >= 0.3 is 0 Å². The maximum atomic E-state index is 12.5. The van der Waals surface area contributed by atoms with Crippen LogP contribution in [0, 0.1) is 5.92 Å². The van der Waals surface area contributed by atoms with E-state index in [9.17, 15) is 4.79 Å². The van der Waals surface area contributed by atoms with Crippen molar-refractivity contribution in [1.29, 1.82) is 0 Å². The number of nitrogens with two attached hydrogens (primary N) is 1. The van der Waals surface area contributed by atoms with Crippen molar-refractivity contribution in [2.75, 3.05) is 11.1 Å². The maximum Gasteiger partial charge on any atom is 0.225 e. The molecule has 3 N–H and O–H groups in total. The summed E-state index contributed by atoms with van der Waals surface area (Å²) in [6, 6.07) is 6.06. The minimum Gasteiger partial charge on any atom is -0.399 e. The number of carbonyl (C=O) groups excluding carboxylic acids is 1. The van der Waals surface area contributed by atoms with Crippen molar-refractivity contribution < 1.29 is 4.79 Å². The Morgan fingerprint density at radius 1 is 1.18 bits per heavy atom. The lowest BCUT2D eigenvalue weighted by molar-refractivity contribution is -0.116. The summed E-state index contributed by atoms with van der Waals surface area (Å²) in [4.78, 5) is 22.5. The van der Waals surface area contributed by atoms with Crippen molar-refractivity contribution in [2.24, 2.45) is 5.92 Å². The summed E-state index contributed by atoms with van der Waals surface area (Å²) < 4.78 is 0. The minimum atomic E-state index is 0.0327. The zero-order valence-electron chi connectivity index (χ0n) is 16.9. The fourth-order valence-corrected chi connectivity index (χ4v) is 4.48. The number of hydrogen-bond acceptors (Lipinski definition) is 4. The van der Waals surface area contributed by atoms with Crippen LogP contribution in [0.15, 0.2) is 18.2 Å². The van der Waals surface area contributed by atoms with E-state index in [1.807, 2.05) is 6.07 Å². The number of nitrogens with zero attached hydrogens (tertiary/aromatic N) is 2. The van der Waals surface area contributed by atoms with Crippen LogP contribution < -0.4 is 11.1 Å². The summed E-state index contributed by atoms with van der Waals surface area (Å²) in [5.74, 6) is 1.42. The number of hydrogen-bond donors (Lipinski definition) is 2. The number of anilines is 2. The van der Waals surface area contributed by atoms with Gasteiger partial charge in [0.05, 0.1) is 17.1 Å². The van der Waals surface area contributed by atoms with Crippen molar-refractivity contribution in [1.82, 2.24) is 9.97 Å². The van der Waals surface area contributed by atoms with Crippen LogP contribution in [0.25, 0.3) is 11.3 Å². The van der Waals surface area contributed by atoms with Crippen molar-refractivity contribution in [3.8, 4) is 11.3 Å². The van der Waals surface area contributed by atoms with Gasteiger partial charge in [0.25, 0.3) is 0 Å². The predicted molar refractivity (Wildman–Crippen MR) is 113 cm³/mol. The first-order chi connectivity index (χ1) is 13.5. The molecule has 4 rings (SSSR count). The van der Waals surface area contributed by atoms with Crippen molar-refractivity contribution in [3.05, 3.63) is 35.2 Å². The zero-order valence-corrected chi connectivity index (χ0v) is 16.9. The van der Waals surface area contributed by atoms with E-state index < -0.39 is 0 Å². The lowest BCUT2D eigenvalue weighted by atomic mass is 9.85. The number of aryl methyl sites for hydroxylation is 2. The number of aromatic nitrogens is 2. The highest BCUT2D eigenvalue weighted by molar-refractivity contribution is 5.90. The van der Waals surface area contributed by atoms with Gasteiger partial charge in [-0.05, 0) is 49.3 Å². The van der Waals surface area contributed by atoms with Crippen molar-refractivity contribution >= 4 is 17.4 Å². The molecule has 0 aliphatic heterocycles. The molecular weight excluding hydrogens is 348 g/mol. The first kappa shape index (κ1) is 18.9. The molecule has 2 aromatic rings. The second-order valence-electron chi connectivity index (χ2n) is 8.65. The Hall–Kier alpha value is -2.43. The molecule has 5 nitrogen and oxygen atoms in total. The lowest BCUT2D eigenvalue weighted by Gasteiger charge is -2.26. The largest absolute Gasteiger partial charge is 0.399 e. The van der Waals surface area contributed by atoms with Gasteiger partial charge in [-0.3, -0.25) is 4.79 Å². The van der Waals surface area contributed by atoms with Crippen LogP contribution in [-0.4, -0.2) is 15.9 Å². The average Bonchev–Trinajstić information content (AvgIpc) is 2.67. The number of nitrogen functional groups attached to an aromatic ring is 1. The highest BCUT2D eigenvalue weighted by Gasteiger charge is 2.27. The van der Waals surface area contributed by atoms with Gasteiger partial charge < -0.3 is 11.1 Å². The van der Waals surface area contributed by atoms with Crippen LogP contribution in [-0.2, 0) is 17.6 Å². The Morgan fingerprint density at radius 2 is 1.96 bits per heavy atom. The number of nitrogens with one attached hydrogen (secondary N) is 1. The molecule has 0 spiro atoms. The molecule has 1 saturated carbocycles. The number of rotatable bonds is 4. The Balaban J connectivity index is 1.76. The zero-order chi connectivity index (χ0) is 19.7. The number of carbonyl (C=O) groups is 1. The topological polar surface area (TPSA) is 80.9 Å². The Bertz CT molecular complexity index is 884. The van der Waals surface area contributed by atoms with E-state index in [2.05, 4.69) is 31.3 Å². The maximum absolute atomic E-state index is 12.5. The average molecular weight is 379 g/mol. The van der Waals surface area contributed by atoms with Crippen LogP contribution in [0.5, 0.6) is 0 Å². The molecule has 0 saturated heterocycles. The lowest BCUT2D eigenvalue weighted by Crippen LogP contribution is -2.21. The number of benzene rings is 1. The summed E-state index contributed by atoms with van der Waals surface area (Å²) in [5, 5.41) is 3.09. The molecule has 1 amide bonds. The van der Waals surface area contributed by atoms with E-state index in [0.717, 1.165) is 54.0 Å². The molecule has 28 heavy (non-hydrogen) atoms. The SMILES string of the molecule is CC(C)CC(=O)Nc1nc2c(nc1C1CCCCC1)-c1ccc(N)cc1CC2. The van der Waals surface area contributed by atoms with Crippen LogP contribution >= 0.6 is 0 Å². The van der Waals surface area contributed by atoms with E-state index in [1.165, 1.54) is 24.8 Å². The molecule has 1 aromatic carbocycles. The molecule has 0 atom stereocenters. The van der Waals surface area contributed by atoms with Gasteiger partial charge in [-0.2, -0.15) is 0 Å². The molecular formula is C23H30N4O. The fraction of sp³-hybridized carbons (Fsp3) is 0.522. The van der Waals surface area contributed by atoms with Crippen LogP contribution in [0.2, 0.25) is 0 Å². The summed E-state index contributed by atoms with van der Waals surface area (Å²) in [7, 11) is 0. The molecule has 1 heterocycles. The molecule has 0 radical (unpaired) electrons. The normalized spacial score (nSPS) is 16.5. The Labute approximate surface area is 167 Å². The minimum absolute atomic E-state index is 0.0327. The predicted octanol–water partition coefficient (Wildman–Crippen LogP) is 4.86. The van der Waals surface area contributed by atoms with Gasteiger partial charge in [0.2, 0.25) is 5.91 Å². The molecule has 148 valence electrons. The molecule has 0 unspecified atom stereocenters. The van der Waals surface area contributed by atoms with Crippen LogP contribution in [0.3, 0.4) is 0 Å². The van der Waals surface area contributed by atoms with Crippen molar-refractivity contribution in [3.63, 3.8) is 0 Å².